The van der Waals surface area contributed by atoms with E-state index in [1.165, 1.54) is 0 Å². The van der Waals surface area contributed by atoms with Crippen LogP contribution >= 0.6 is 11.6 Å². The summed E-state index contributed by atoms with van der Waals surface area (Å²) in [6.07, 6.45) is 1.35. The van der Waals surface area contributed by atoms with Gasteiger partial charge in [-0.05, 0) is 36.7 Å². The van der Waals surface area contributed by atoms with Gasteiger partial charge in [0, 0.05) is 13.1 Å². The Labute approximate surface area is 127 Å². The lowest BCUT2D eigenvalue weighted by molar-refractivity contribution is 0.202. The summed E-state index contributed by atoms with van der Waals surface area (Å²) in [5.74, 6) is 0.885. The van der Waals surface area contributed by atoms with E-state index in [1.807, 2.05) is 6.07 Å². The highest BCUT2D eigenvalue weighted by atomic mass is 35.5. The average molecular weight is 314 g/mol. The summed E-state index contributed by atoms with van der Waals surface area (Å²) in [4.78, 5) is 2.22. The van der Waals surface area contributed by atoms with Gasteiger partial charge in [0.25, 0.3) is 0 Å². The number of hydrogen-bond acceptors (Lipinski definition) is 4. The quantitative estimate of drug-likeness (QED) is 0.797. The van der Waals surface area contributed by atoms with E-state index in [0.29, 0.717) is 11.3 Å². The van der Waals surface area contributed by atoms with Crippen LogP contribution in [0.2, 0.25) is 23.3 Å². The number of anilines is 1. The van der Waals surface area contributed by atoms with Crippen molar-refractivity contribution in [2.45, 2.75) is 51.4 Å². The highest BCUT2D eigenvalue weighted by Gasteiger charge is 2.40. The van der Waals surface area contributed by atoms with Crippen molar-refractivity contribution in [3.05, 3.63) is 17.3 Å². The van der Waals surface area contributed by atoms with Crippen LogP contribution in [-0.4, -0.2) is 37.7 Å². The molecule has 0 amide bonds. The zero-order chi connectivity index (χ0) is 15.0. The molecule has 2 heterocycles. The van der Waals surface area contributed by atoms with Gasteiger partial charge in [-0.2, -0.15) is 0 Å². The van der Waals surface area contributed by atoms with Crippen LogP contribution in [0.1, 0.15) is 27.2 Å². The first-order valence-electron chi connectivity index (χ1n) is 7.11. The fourth-order valence-electron chi connectivity index (χ4n) is 2.10. The van der Waals surface area contributed by atoms with Crippen molar-refractivity contribution in [2.24, 2.45) is 0 Å². The summed E-state index contributed by atoms with van der Waals surface area (Å²) in [7, 11) is -1.69. The maximum absolute atomic E-state index is 6.46. The monoisotopic (exact) mass is 313 g/mol. The van der Waals surface area contributed by atoms with Crippen molar-refractivity contribution >= 4 is 25.7 Å². The number of halogens is 1. The van der Waals surface area contributed by atoms with Crippen LogP contribution < -0.4 is 4.90 Å². The van der Waals surface area contributed by atoms with Gasteiger partial charge in [-0.1, -0.05) is 32.4 Å². The molecule has 6 heteroatoms. The van der Waals surface area contributed by atoms with Crippen molar-refractivity contribution in [1.29, 1.82) is 0 Å². The van der Waals surface area contributed by atoms with Gasteiger partial charge in [0.2, 0.25) is 0 Å². The predicted octanol–water partition coefficient (Wildman–Crippen LogP) is 3.73. The molecule has 1 aromatic heterocycles. The molecule has 0 N–H and O–H groups in total. The van der Waals surface area contributed by atoms with Crippen molar-refractivity contribution in [3.8, 4) is 0 Å². The third kappa shape index (κ3) is 3.51. The summed E-state index contributed by atoms with van der Waals surface area (Å²) in [5.41, 5.74) is 0. The van der Waals surface area contributed by atoms with Crippen molar-refractivity contribution in [3.63, 3.8) is 0 Å². The van der Waals surface area contributed by atoms with Gasteiger partial charge < -0.3 is 9.33 Å². The standard InChI is InChI=1S/C14H24ClN3OSi/c1-14(2,3)20(4,5)19-11-8-9-18(10-11)13-7-6-12(15)16-17-13/h6-7,11H,8-10H2,1-5H3/t11-/m1/s1. The first kappa shape index (κ1) is 15.7. The molecule has 1 fully saturated rings. The zero-order valence-corrected chi connectivity index (χ0v) is 14.7. The topological polar surface area (TPSA) is 38.2 Å². The van der Waals surface area contributed by atoms with Crippen LogP contribution in [0.5, 0.6) is 0 Å². The van der Waals surface area contributed by atoms with E-state index in [0.717, 1.165) is 25.3 Å². The minimum atomic E-state index is -1.69. The SMILES string of the molecule is CC(C)(C)[Si](C)(C)O[C@@H]1CCN(c2ccc(Cl)nn2)C1. The first-order chi connectivity index (χ1) is 9.19. The Morgan fingerprint density at radius 3 is 2.55 bits per heavy atom. The van der Waals surface area contributed by atoms with Gasteiger partial charge in [0.1, 0.15) is 0 Å². The molecular weight excluding hydrogens is 290 g/mol. The average Bonchev–Trinajstić information content (AvgIpc) is 2.76. The van der Waals surface area contributed by atoms with E-state index in [-0.39, 0.29) is 5.04 Å². The van der Waals surface area contributed by atoms with E-state index < -0.39 is 8.32 Å². The van der Waals surface area contributed by atoms with E-state index in [2.05, 4.69) is 49.0 Å². The number of nitrogens with zero attached hydrogens (tertiary/aromatic N) is 3. The van der Waals surface area contributed by atoms with Crippen LogP contribution in [0, 0.1) is 0 Å². The van der Waals surface area contributed by atoms with Crippen LogP contribution in [-0.2, 0) is 4.43 Å². The predicted molar refractivity (Wildman–Crippen MR) is 85.9 cm³/mol. The molecule has 0 radical (unpaired) electrons. The molecule has 0 spiro atoms. The lowest BCUT2D eigenvalue weighted by Gasteiger charge is -2.38. The maximum Gasteiger partial charge on any atom is 0.192 e. The van der Waals surface area contributed by atoms with E-state index in [4.69, 9.17) is 16.0 Å². The largest absolute Gasteiger partial charge is 0.412 e. The molecular formula is C14H24ClN3OSi. The molecule has 1 aromatic rings. The van der Waals surface area contributed by atoms with Crippen molar-refractivity contribution < 1.29 is 4.43 Å². The Balaban J connectivity index is 1.98. The van der Waals surface area contributed by atoms with Crippen molar-refractivity contribution in [2.75, 3.05) is 18.0 Å². The minimum absolute atomic E-state index is 0.250. The van der Waals surface area contributed by atoms with E-state index in [9.17, 15) is 0 Å². The van der Waals surface area contributed by atoms with Gasteiger partial charge in [-0.3, -0.25) is 0 Å². The van der Waals surface area contributed by atoms with Crippen LogP contribution in [0.15, 0.2) is 12.1 Å². The number of rotatable bonds is 3. The lowest BCUT2D eigenvalue weighted by atomic mass is 10.2. The number of aromatic nitrogens is 2. The molecule has 1 saturated heterocycles. The zero-order valence-electron chi connectivity index (χ0n) is 13.0. The summed E-state index contributed by atoms with van der Waals surface area (Å²) in [5, 5.41) is 8.73. The van der Waals surface area contributed by atoms with Gasteiger partial charge >= 0.3 is 0 Å². The third-order valence-corrected chi connectivity index (χ3v) is 9.09. The Bertz CT molecular complexity index is 458. The highest BCUT2D eigenvalue weighted by molar-refractivity contribution is 6.74. The molecule has 0 saturated carbocycles. The Morgan fingerprint density at radius 1 is 1.30 bits per heavy atom. The second kappa shape index (κ2) is 5.62. The summed E-state index contributed by atoms with van der Waals surface area (Å²) in [6.45, 7) is 13.3. The molecule has 112 valence electrons. The third-order valence-electron chi connectivity index (χ3n) is 4.35. The molecule has 1 atom stereocenters. The Kier molecular flexibility index (Phi) is 4.42. The molecule has 1 aliphatic rings. The minimum Gasteiger partial charge on any atom is -0.412 e. The number of hydrogen-bond donors (Lipinski definition) is 0. The molecule has 4 nitrogen and oxygen atoms in total. The van der Waals surface area contributed by atoms with Gasteiger partial charge in [0.05, 0.1) is 6.10 Å². The molecule has 2 rings (SSSR count). The van der Waals surface area contributed by atoms with E-state index in [1.54, 1.807) is 6.07 Å². The van der Waals surface area contributed by atoms with Crippen LogP contribution in [0.4, 0.5) is 5.82 Å². The van der Waals surface area contributed by atoms with Gasteiger partial charge in [-0.15, -0.1) is 10.2 Å². The van der Waals surface area contributed by atoms with E-state index >= 15 is 0 Å². The normalized spacial score (nSPS) is 20.5. The Morgan fingerprint density at radius 2 is 2.00 bits per heavy atom. The lowest BCUT2D eigenvalue weighted by Crippen LogP contribution is -2.44. The van der Waals surface area contributed by atoms with Gasteiger partial charge in [0.15, 0.2) is 19.3 Å². The highest BCUT2D eigenvalue weighted by Crippen LogP contribution is 2.38. The van der Waals surface area contributed by atoms with Gasteiger partial charge in [-0.25, -0.2) is 0 Å². The molecule has 0 aromatic carbocycles. The smallest absolute Gasteiger partial charge is 0.192 e. The fraction of sp³-hybridized carbons (Fsp3) is 0.714. The summed E-state index contributed by atoms with van der Waals surface area (Å²) in [6, 6.07) is 3.70. The molecule has 20 heavy (non-hydrogen) atoms. The molecule has 0 unspecified atom stereocenters. The summed E-state index contributed by atoms with van der Waals surface area (Å²) < 4.78 is 6.46. The van der Waals surface area contributed by atoms with Crippen LogP contribution in [0.3, 0.4) is 0 Å². The van der Waals surface area contributed by atoms with Crippen LogP contribution in [0.25, 0.3) is 0 Å². The Hall–Kier alpha value is -0.653. The fourth-order valence-corrected chi connectivity index (χ4v) is 3.58. The molecule has 1 aliphatic heterocycles. The summed E-state index contributed by atoms with van der Waals surface area (Å²) >= 11 is 5.77. The first-order valence-corrected chi connectivity index (χ1v) is 10.4. The maximum atomic E-state index is 6.46. The van der Waals surface area contributed by atoms with Crippen molar-refractivity contribution in [1.82, 2.24) is 10.2 Å². The molecule has 0 aliphatic carbocycles. The molecule has 0 bridgehead atoms. The second-order valence-electron chi connectivity index (χ2n) is 6.95. The second-order valence-corrected chi connectivity index (χ2v) is 12.1.